The van der Waals surface area contributed by atoms with Gasteiger partial charge in [0, 0.05) is 33.9 Å². The summed E-state index contributed by atoms with van der Waals surface area (Å²) in [5.41, 5.74) is 3.08. The van der Waals surface area contributed by atoms with Gasteiger partial charge >= 0.3 is 6.03 Å². The van der Waals surface area contributed by atoms with E-state index in [9.17, 15) is 14.4 Å². The van der Waals surface area contributed by atoms with Gasteiger partial charge in [0.05, 0.1) is 0 Å². The first-order chi connectivity index (χ1) is 16.6. The Morgan fingerprint density at radius 3 is 1.21 bits per heavy atom. The Morgan fingerprint density at radius 2 is 0.794 bits per heavy atom. The number of nitrogens with one attached hydrogen (secondary N) is 4. The molecule has 0 aliphatic rings. The monoisotopic (exact) mass is 450 g/mol. The number of hydrogen-bond acceptors (Lipinski definition) is 3. The zero-order valence-electron chi connectivity index (χ0n) is 18.1. The van der Waals surface area contributed by atoms with Crippen molar-refractivity contribution < 1.29 is 14.4 Å². The first kappa shape index (κ1) is 22.3. The predicted octanol–water partition coefficient (Wildman–Crippen LogP) is 5.84. The van der Waals surface area contributed by atoms with Crippen LogP contribution in [0.2, 0.25) is 0 Å². The molecule has 4 rings (SSSR count). The van der Waals surface area contributed by atoms with Crippen molar-refractivity contribution in [2.45, 2.75) is 0 Å². The van der Waals surface area contributed by atoms with E-state index < -0.39 is 6.03 Å². The van der Waals surface area contributed by atoms with E-state index in [0.29, 0.717) is 33.9 Å². The van der Waals surface area contributed by atoms with Crippen LogP contribution >= 0.6 is 0 Å². The van der Waals surface area contributed by atoms with Crippen LogP contribution in [0.15, 0.2) is 109 Å². The van der Waals surface area contributed by atoms with E-state index in [-0.39, 0.29) is 11.8 Å². The van der Waals surface area contributed by atoms with Gasteiger partial charge in [-0.1, -0.05) is 48.5 Å². The summed E-state index contributed by atoms with van der Waals surface area (Å²) in [6, 6.07) is 31.0. The van der Waals surface area contributed by atoms with Gasteiger partial charge in [-0.15, -0.1) is 0 Å². The molecule has 0 heterocycles. The van der Waals surface area contributed by atoms with Crippen molar-refractivity contribution in [3.8, 4) is 0 Å². The fraction of sp³-hybridized carbons (Fsp3) is 0. The maximum atomic E-state index is 12.5. The van der Waals surface area contributed by atoms with E-state index in [2.05, 4.69) is 21.3 Å². The fourth-order valence-electron chi connectivity index (χ4n) is 3.22. The summed E-state index contributed by atoms with van der Waals surface area (Å²) in [5, 5.41) is 11.0. The lowest BCUT2D eigenvalue weighted by atomic mass is 10.1. The molecule has 7 nitrogen and oxygen atoms in total. The molecule has 0 aliphatic carbocycles. The Kier molecular flexibility index (Phi) is 6.95. The number of amides is 4. The number of carbonyl (C=O) groups is 3. The van der Waals surface area contributed by atoms with Crippen LogP contribution in [0.3, 0.4) is 0 Å². The van der Waals surface area contributed by atoms with Crippen molar-refractivity contribution in [2.24, 2.45) is 0 Å². The summed E-state index contributed by atoms with van der Waals surface area (Å²) in [6.45, 7) is 0. The summed E-state index contributed by atoms with van der Waals surface area (Å²) in [5.74, 6) is -0.570. The largest absolute Gasteiger partial charge is 0.323 e. The van der Waals surface area contributed by atoms with Gasteiger partial charge in [-0.3, -0.25) is 9.59 Å². The summed E-state index contributed by atoms with van der Waals surface area (Å²) in [4.78, 5) is 37.5. The van der Waals surface area contributed by atoms with Crippen molar-refractivity contribution in [2.75, 3.05) is 21.3 Å². The van der Waals surface area contributed by atoms with Crippen LogP contribution in [0.1, 0.15) is 20.7 Å². The number of rotatable bonds is 6. The van der Waals surface area contributed by atoms with Crippen LogP contribution in [-0.4, -0.2) is 17.8 Å². The Balaban J connectivity index is 1.37. The molecule has 0 atom stereocenters. The third-order valence-electron chi connectivity index (χ3n) is 4.83. The lowest BCUT2D eigenvalue weighted by Gasteiger charge is -2.11. The smallest absolute Gasteiger partial charge is 0.322 e. The third-order valence-corrected chi connectivity index (χ3v) is 4.83. The number of benzene rings is 4. The van der Waals surface area contributed by atoms with Gasteiger partial charge < -0.3 is 21.3 Å². The van der Waals surface area contributed by atoms with Crippen LogP contribution in [0.25, 0.3) is 0 Å². The molecule has 0 aromatic heterocycles. The molecule has 4 amide bonds. The molecule has 0 aliphatic heterocycles. The molecule has 4 aromatic carbocycles. The van der Waals surface area contributed by atoms with Crippen molar-refractivity contribution in [1.82, 2.24) is 0 Å². The molecule has 0 saturated heterocycles. The van der Waals surface area contributed by atoms with Crippen molar-refractivity contribution in [3.05, 3.63) is 120 Å². The standard InChI is InChI=1S/C27H22N4O3/c32-25(28-21-11-3-1-4-12-21)19-9-7-15-23(17-19)30-27(34)31-24-16-8-10-20(18-24)26(33)29-22-13-5-2-6-14-22/h1-18H,(H,28,32)(H,29,33)(H2,30,31,34). The van der Waals surface area contributed by atoms with Crippen molar-refractivity contribution >= 4 is 40.6 Å². The third kappa shape index (κ3) is 6.08. The minimum absolute atomic E-state index is 0.285. The van der Waals surface area contributed by atoms with Gasteiger partial charge in [-0.25, -0.2) is 4.79 Å². The second-order valence-electron chi connectivity index (χ2n) is 7.38. The van der Waals surface area contributed by atoms with Crippen LogP contribution in [0.5, 0.6) is 0 Å². The molecule has 4 aromatic rings. The Bertz CT molecular complexity index is 1210. The summed E-state index contributed by atoms with van der Waals surface area (Å²) in [7, 11) is 0. The van der Waals surface area contributed by atoms with Gasteiger partial charge in [0.15, 0.2) is 0 Å². The normalized spacial score (nSPS) is 10.1. The maximum absolute atomic E-state index is 12.5. The zero-order chi connectivity index (χ0) is 23.8. The lowest BCUT2D eigenvalue weighted by Crippen LogP contribution is -2.20. The van der Waals surface area contributed by atoms with Gasteiger partial charge in [0.2, 0.25) is 0 Å². The Morgan fingerprint density at radius 1 is 0.412 bits per heavy atom. The lowest BCUT2D eigenvalue weighted by molar-refractivity contribution is 0.101. The topological polar surface area (TPSA) is 99.3 Å². The molecular formula is C27H22N4O3. The molecule has 34 heavy (non-hydrogen) atoms. The Hall–Kier alpha value is -4.91. The molecule has 0 unspecified atom stereocenters. The average Bonchev–Trinajstić information content (AvgIpc) is 2.85. The molecule has 0 radical (unpaired) electrons. The zero-order valence-corrected chi connectivity index (χ0v) is 18.1. The molecule has 0 spiro atoms. The minimum Gasteiger partial charge on any atom is -0.322 e. The maximum Gasteiger partial charge on any atom is 0.323 e. The summed E-state index contributed by atoms with van der Waals surface area (Å²) >= 11 is 0. The van der Waals surface area contributed by atoms with E-state index in [4.69, 9.17) is 0 Å². The second kappa shape index (κ2) is 10.6. The molecular weight excluding hydrogens is 428 g/mol. The molecule has 7 heteroatoms. The van der Waals surface area contributed by atoms with E-state index in [1.165, 1.54) is 0 Å². The van der Waals surface area contributed by atoms with E-state index in [1.807, 2.05) is 36.4 Å². The van der Waals surface area contributed by atoms with Crippen LogP contribution in [0.4, 0.5) is 27.5 Å². The number of urea groups is 1. The van der Waals surface area contributed by atoms with Gasteiger partial charge in [-0.05, 0) is 60.7 Å². The average molecular weight is 450 g/mol. The number of anilines is 4. The number of hydrogen-bond donors (Lipinski definition) is 4. The van der Waals surface area contributed by atoms with E-state index >= 15 is 0 Å². The molecule has 0 saturated carbocycles. The first-order valence-corrected chi connectivity index (χ1v) is 10.6. The van der Waals surface area contributed by atoms with Gasteiger partial charge in [0.1, 0.15) is 0 Å². The highest BCUT2D eigenvalue weighted by Gasteiger charge is 2.10. The van der Waals surface area contributed by atoms with Gasteiger partial charge in [-0.2, -0.15) is 0 Å². The van der Waals surface area contributed by atoms with E-state index in [0.717, 1.165) is 0 Å². The van der Waals surface area contributed by atoms with Crippen LogP contribution in [0, 0.1) is 0 Å². The van der Waals surface area contributed by atoms with Crippen molar-refractivity contribution in [1.29, 1.82) is 0 Å². The highest BCUT2D eigenvalue weighted by Crippen LogP contribution is 2.16. The highest BCUT2D eigenvalue weighted by molar-refractivity contribution is 6.07. The molecule has 168 valence electrons. The predicted molar refractivity (Wildman–Crippen MR) is 134 cm³/mol. The van der Waals surface area contributed by atoms with Crippen LogP contribution < -0.4 is 21.3 Å². The fourth-order valence-corrected chi connectivity index (χ4v) is 3.22. The summed E-state index contributed by atoms with van der Waals surface area (Å²) < 4.78 is 0. The van der Waals surface area contributed by atoms with Gasteiger partial charge in [0.25, 0.3) is 11.8 Å². The quantitative estimate of drug-likeness (QED) is 0.297. The molecule has 4 N–H and O–H groups in total. The molecule has 0 bridgehead atoms. The second-order valence-corrected chi connectivity index (χ2v) is 7.38. The Labute approximate surface area is 196 Å². The van der Waals surface area contributed by atoms with E-state index in [1.54, 1.807) is 72.8 Å². The van der Waals surface area contributed by atoms with Crippen LogP contribution in [-0.2, 0) is 0 Å². The molecule has 0 fully saturated rings. The summed E-state index contributed by atoms with van der Waals surface area (Å²) in [6.07, 6.45) is 0. The highest BCUT2D eigenvalue weighted by atomic mass is 16.2. The first-order valence-electron chi connectivity index (χ1n) is 10.6. The SMILES string of the molecule is O=C(Nc1cccc(C(=O)Nc2ccccc2)c1)Nc1cccc(C(=O)Nc2ccccc2)c1. The minimum atomic E-state index is -0.499. The van der Waals surface area contributed by atoms with Crippen molar-refractivity contribution in [3.63, 3.8) is 0 Å². The number of para-hydroxylation sites is 2. The number of carbonyl (C=O) groups excluding carboxylic acids is 3.